The summed E-state index contributed by atoms with van der Waals surface area (Å²) in [5, 5.41) is 15.2. The summed E-state index contributed by atoms with van der Waals surface area (Å²) in [6, 6.07) is 17.4. The molecule has 4 nitrogen and oxygen atoms in total. The summed E-state index contributed by atoms with van der Waals surface area (Å²) in [7, 11) is 0. The molecule has 0 amide bonds. The van der Waals surface area contributed by atoms with Crippen molar-refractivity contribution in [1.29, 1.82) is 0 Å². The van der Waals surface area contributed by atoms with Crippen molar-refractivity contribution in [1.82, 2.24) is 9.78 Å². The minimum Gasteiger partial charge on any atom is -0.507 e. The maximum atomic E-state index is 13.3. The molecule has 3 rings (SSSR count). The molecule has 0 atom stereocenters. The van der Waals surface area contributed by atoms with Crippen molar-refractivity contribution in [2.75, 3.05) is 0 Å². The van der Waals surface area contributed by atoms with Gasteiger partial charge < -0.3 is 5.11 Å². The number of hydrogen-bond acceptors (Lipinski definition) is 3. The molecule has 146 valence electrons. The molecule has 0 unspecified atom stereocenters. The van der Waals surface area contributed by atoms with Crippen LogP contribution in [0.1, 0.15) is 50.1 Å². The van der Waals surface area contributed by atoms with Crippen molar-refractivity contribution in [3.63, 3.8) is 0 Å². The first-order chi connectivity index (χ1) is 13.5. The van der Waals surface area contributed by atoms with Gasteiger partial charge >= 0.3 is 0 Å². The van der Waals surface area contributed by atoms with Gasteiger partial charge in [-0.3, -0.25) is 4.79 Å². The average Bonchev–Trinajstić information content (AvgIpc) is 2.69. The van der Waals surface area contributed by atoms with Crippen LogP contribution in [0.2, 0.25) is 0 Å². The third-order valence-corrected chi connectivity index (χ3v) is 4.94. The monoisotopic (exact) mass is 376 g/mol. The third-order valence-electron chi connectivity index (χ3n) is 4.94. The number of aromatic nitrogens is 2. The van der Waals surface area contributed by atoms with E-state index in [1.165, 1.54) is 5.56 Å². The SMILES string of the molecule is CCCc1nn(C(C)C)c(=O)c(CCc2ccccc2)c1-c1ccccc1O. The molecule has 0 saturated heterocycles. The molecule has 0 aliphatic heterocycles. The predicted molar refractivity (Wildman–Crippen MR) is 114 cm³/mol. The van der Waals surface area contributed by atoms with E-state index >= 15 is 0 Å². The van der Waals surface area contributed by atoms with E-state index in [2.05, 4.69) is 24.2 Å². The van der Waals surface area contributed by atoms with Gasteiger partial charge in [-0.05, 0) is 44.7 Å². The van der Waals surface area contributed by atoms with Crippen molar-refractivity contribution in [2.24, 2.45) is 0 Å². The zero-order valence-electron chi connectivity index (χ0n) is 16.9. The number of benzene rings is 2. The van der Waals surface area contributed by atoms with Gasteiger partial charge in [0.25, 0.3) is 5.56 Å². The van der Waals surface area contributed by atoms with Crippen LogP contribution in [0, 0.1) is 0 Å². The summed E-state index contributed by atoms with van der Waals surface area (Å²) in [6.07, 6.45) is 3.06. The van der Waals surface area contributed by atoms with Gasteiger partial charge in [-0.2, -0.15) is 5.10 Å². The zero-order valence-corrected chi connectivity index (χ0v) is 16.9. The first-order valence-electron chi connectivity index (χ1n) is 9.99. The molecule has 3 aromatic rings. The zero-order chi connectivity index (χ0) is 20.1. The fourth-order valence-corrected chi connectivity index (χ4v) is 3.56. The molecule has 0 radical (unpaired) electrons. The normalized spacial score (nSPS) is 11.1. The second kappa shape index (κ2) is 8.87. The standard InChI is InChI=1S/C24H28N2O2/c1-4-10-21-23(19-13-8-9-14-22(19)27)20(24(28)26(25-21)17(2)3)16-15-18-11-6-5-7-12-18/h5-9,11-14,17,27H,4,10,15-16H2,1-3H3. The Morgan fingerprint density at radius 1 is 0.964 bits per heavy atom. The van der Waals surface area contributed by atoms with Crippen molar-refractivity contribution in [3.05, 3.63) is 81.8 Å². The summed E-state index contributed by atoms with van der Waals surface area (Å²) >= 11 is 0. The Morgan fingerprint density at radius 3 is 2.29 bits per heavy atom. The third kappa shape index (κ3) is 4.16. The minimum absolute atomic E-state index is 0.0167. The number of phenolic OH excluding ortho intramolecular Hbond substituents is 1. The number of nitrogens with zero attached hydrogens (tertiary/aromatic N) is 2. The Kier molecular flexibility index (Phi) is 6.30. The first-order valence-corrected chi connectivity index (χ1v) is 9.99. The van der Waals surface area contributed by atoms with Crippen molar-refractivity contribution < 1.29 is 5.11 Å². The van der Waals surface area contributed by atoms with Crippen molar-refractivity contribution >= 4 is 0 Å². The highest BCUT2D eigenvalue weighted by atomic mass is 16.3. The van der Waals surface area contributed by atoms with Crippen LogP contribution in [-0.4, -0.2) is 14.9 Å². The van der Waals surface area contributed by atoms with Gasteiger partial charge in [0, 0.05) is 16.7 Å². The lowest BCUT2D eigenvalue weighted by molar-refractivity contribution is 0.475. The molecule has 0 aliphatic rings. The average molecular weight is 377 g/mol. The van der Waals surface area contributed by atoms with Gasteiger partial charge in [-0.1, -0.05) is 61.9 Å². The van der Waals surface area contributed by atoms with Crippen LogP contribution in [0.3, 0.4) is 0 Å². The molecule has 4 heteroatoms. The van der Waals surface area contributed by atoms with Crippen LogP contribution < -0.4 is 5.56 Å². The molecule has 1 heterocycles. The number of rotatable bonds is 7. The van der Waals surface area contributed by atoms with E-state index in [-0.39, 0.29) is 17.4 Å². The summed E-state index contributed by atoms with van der Waals surface area (Å²) in [5.74, 6) is 0.185. The minimum atomic E-state index is -0.0657. The molecule has 1 N–H and O–H groups in total. The van der Waals surface area contributed by atoms with Crippen molar-refractivity contribution in [2.45, 2.75) is 52.5 Å². The van der Waals surface area contributed by atoms with E-state index in [0.29, 0.717) is 12.0 Å². The summed E-state index contributed by atoms with van der Waals surface area (Å²) in [6.45, 7) is 6.06. The number of aryl methyl sites for hydroxylation is 2. The van der Waals surface area contributed by atoms with E-state index in [0.717, 1.165) is 36.1 Å². The van der Waals surface area contributed by atoms with Crippen LogP contribution in [0.25, 0.3) is 11.1 Å². The number of para-hydroxylation sites is 1. The summed E-state index contributed by atoms with van der Waals surface area (Å²) in [4.78, 5) is 13.3. The second-order valence-corrected chi connectivity index (χ2v) is 7.40. The Hall–Kier alpha value is -2.88. The maximum absolute atomic E-state index is 13.3. The van der Waals surface area contributed by atoms with Crippen LogP contribution in [0.4, 0.5) is 0 Å². The number of phenols is 1. The number of hydrogen-bond donors (Lipinski definition) is 1. The topological polar surface area (TPSA) is 55.1 Å². The first kappa shape index (κ1) is 19.9. The molecule has 0 fully saturated rings. The fraction of sp³-hybridized carbons (Fsp3) is 0.333. The smallest absolute Gasteiger partial charge is 0.270 e. The van der Waals surface area contributed by atoms with Crippen molar-refractivity contribution in [3.8, 4) is 16.9 Å². The van der Waals surface area contributed by atoms with Gasteiger partial charge in [-0.25, -0.2) is 4.68 Å². The lowest BCUT2D eigenvalue weighted by Crippen LogP contribution is -2.30. The van der Waals surface area contributed by atoms with E-state index in [1.807, 2.05) is 44.2 Å². The fourth-order valence-electron chi connectivity index (χ4n) is 3.56. The van der Waals surface area contributed by atoms with Crippen LogP contribution in [0.5, 0.6) is 5.75 Å². The van der Waals surface area contributed by atoms with Gasteiger partial charge in [0.2, 0.25) is 0 Å². The van der Waals surface area contributed by atoms with Gasteiger partial charge in [0.05, 0.1) is 11.7 Å². The molecule has 2 aromatic carbocycles. The molecule has 28 heavy (non-hydrogen) atoms. The van der Waals surface area contributed by atoms with Crippen LogP contribution >= 0.6 is 0 Å². The highest BCUT2D eigenvalue weighted by Gasteiger charge is 2.21. The molecule has 0 bridgehead atoms. The molecule has 0 saturated carbocycles. The molecular weight excluding hydrogens is 348 g/mol. The second-order valence-electron chi connectivity index (χ2n) is 7.40. The van der Waals surface area contributed by atoms with Gasteiger partial charge in [-0.15, -0.1) is 0 Å². The Balaban J connectivity index is 2.20. The van der Waals surface area contributed by atoms with Gasteiger partial charge in [0.1, 0.15) is 5.75 Å². The maximum Gasteiger partial charge on any atom is 0.270 e. The highest BCUT2D eigenvalue weighted by Crippen LogP contribution is 2.33. The molecular formula is C24H28N2O2. The quantitative estimate of drug-likeness (QED) is 0.636. The lowest BCUT2D eigenvalue weighted by Gasteiger charge is -2.19. The number of aromatic hydroxyl groups is 1. The van der Waals surface area contributed by atoms with E-state index in [4.69, 9.17) is 0 Å². The highest BCUT2D eigenvalue weighted by molar-refractivity contribution is 5.74. The molecule has 0 aliphatic carbocycles. The summed E-state index contributed by atoms with van der Waals surface area (Å²) in [5.41, 5.74) is 4.23. The Labute approximate surface area is 166 Å². The van der Waals surface area contributed by atoms with E-state index < -0.39 is 0 Å². The van der Waals surface area contributed by atoms with E-state index in [1.54, 1.807) is 16.8 Å². The Bertz CT molecular complexity index is 991. The molecule has 1 aromatic heterocycles. The molecule has 0 spiro atoms. The van der Waals surface area contributed by atoms with Crippen LogP contribution in [0.15, 0.2) is 59.4 Å². The largest absolute Gasteiger partial charge is 0.507 e. The van der Waals surface area contributed by atoms with Gasteiger partial charge in [0.15, 0.2) is 0 Å². The Morgan fingerprint density at radius 2 is 1.64 bits per heavy atom. The van der Waals surface area contributed by atoms with E-state index in [9.17, 15) is 9.90 Å². The van der Waals surface area contributed by atoms with Crippen LogP contribution in [-0.2, 0) is 19.3 Å². The summed E-state index contributed by atoms with van der Waals surface area (Å²) < 4.78 is 1.59. The lowest BCUT2D eigenvalue weighted by atomic mass is 9.93. The predicted octanol–water partition coefficient (Wildman–Crippen LogP) is 4.93.